The lowest BCUT2D eigenvalue weighted by molar-refractivity contribution is 0.0706. The molecule has 0 saturated heterocycles. The van der Waals surface area contributed by atoms with Gasteiger partial charge in [0.1, 0.15) is 11.5 Å². The van der Waals surface area contributed by atoms with E-state index in [9.17, 15) is 9.59 Å². The summed E-state index contributed by atoms with van der Waals surface area (Å²) in [4.78, 5) is 31.0. The first-order chi connectivity index (χ1) is 16.5. The largest absolute Gasteiger partial charge is 0.457 e. The van der Waals surface area contributed by atoms with Crippen LogP contribution in [-0.4, -0.2) is 27.1 Å². The quantitative estimate of drug-likeness (QED) is 0.181. The van der Waals surface area contributed by atoms with E-state index < -0.39 is 5.91 Å². The molecule has 0 unspecified atom stereocenters. The standard InChI is InChI=1S/C24H22N6O4/c25-13-15-2-1-3-18(10-15)29-24(32)28-17-4-6-19(7-5-17)34-20-8-9-26-22(12-20)21-11-16(14-27-21)23(31)30-33/h1-12,14,27,33H,13,25H2,(H,30,31)(H2,28,29,32). The minimum atomic E-state index is -0.624. The summed E-state index contributed by atoms with van der Waals surface area (Å²) < 4.78 is 5.88. The number of hydroxylamine groups is 1. The van der Waals surface area contributed by atoms with Gasteiger partial charge in [0, 0.05) is 36.4 Å². The number of rotatable bonds is 7. The number of hydrogen-bond donors (Lipinski definition) is 6. The Balaban J connectivity index is 1.38. The van der Waals surface area contributed by atoms with Crippen LogP contribution in [0, 0.1) is 0 Å². The van der Waals surface area contributed by atoms with Crippen LogP contribution in [0.1, 0.15) is 15.9 Å². The smallest absolute Gasteiger partial charge is 0.323 e. The summed E-state index contributed by atoms with van der Waals surface area (Å²) in [5.74, 6) is 0.470. The Kier molecular flexibility index (Phi) is 6.82. The molecule has 0 fully saturated rings. The number of benzene rings is 2. The highest BCUT2D eigenvalue weighted by Crippen LogP contribution is 2.26. The fraction of sp³-hybridized carbons (Fsp3) is 0.0417. The number of carbonyl (C=O) groups excluding carboxylic acids is 2. The van der Waals surface area contributed by atoms with E-state index in [4.69, 9.17) is 15.7 Å². The van der Waals surface area contributed by atoms with Crippen molar-refractivity contribution in [2.24, 2.45) is 5.73 Å². The third kappa shape index (κ3) is 5.57. The van der Waals surface area contributed by atoms with Crippen LogP contribution in [0.25, 0.3) is 11.4 Å². The topological polar surface area (TPSA) is 154 Å². The summed E-state index contributed by atoms with van der Waals surface area (Å²) in [6.45, 7) is 0.393. The molecule has 4 rings (SSSR count). The molecule has 0 radical (unpaired) electrons. The molecular weight excluding hydrogens is 436 g/mol. The van der Waals surface area contributed by atoms with Crippen LogP contribution < -0.4 is 26.6 Å². The summed E-state index contributed by atoms with van der Waals surface area (Å²) in [5.41, 5.74) is 10.8. The zero-order chi connectivity index (χ0) is 23.9. The number of anilines is 2. The van der Waals surface area contributed by atoms with Gasteiger partial charge in [-0.3, -0.25) is 15.0 Å². The van der Waals surface area contributed by atoms with Gasteiger partial charge in [-0.05, 0) is 54.1 Å². The Labute approximate surface area is 194 Å². The molecule has 0 spiro atoms. The number of aromatic nitrogens is 2. The minimum Gasteiger partial charge on any atom is -0.457 e. The Morgan fingerprint density at radius 1 is 0.971 bits per heavy atom. The van der Waals surface area contributed by atoms with E-state index in [2.05, 4.69) is 20.6 Å². The molecule has 172 valence electrons. The molecule has 2 aromatic carbocycles. The molecule has 10 heteroatoms. The zero-order valence-electron chi connectivity index (χ0n) is 17.9. The van der Waals surface area contributed by atoms with Crippen LogP contribution in [0.4, 0.5) is 16.2 Å². The van der Waals surface area contributed by atoms with Gasteiger partial charge in [-0.1, -0.05) is 12.1 Å². The van der Waals surface area contributed by atoms with Crippen LogP contribution in [0.2, 0.25) is 0 Å². The molecule has 0 aliphatic heterocycles. The molecule has 2 heterocycles. The first-order valence-corrected chi connectivity index (χ1v) is 10.3. The van der Waals surface area contributed by atoms with Crippen molar-refractivity contribution in [1.29, 1.82) is 0 Å². The van der Waals surface area contributed by atoms with Gasteiger partial charge >= 0.3 is 6.03 Å². The molecule has 0 saturated carbocycles. The van der Waals surface area contributed by atoms with E-state index >= 15 is 0 Å². The maximum absolute atomic E-state index is 12.3. The lowest BCUT2D eigenvalue weighted by atomic mass is 10.2. The highest BCUT2D eigenvalue weighted by Gasteiger charge is 2.10. The maximum Gasteiger partial charge on any atom is 0.323 e. The SMILES string of the molecule is NCc1cccc(NC(=O)Nc2ccc(Oc3ccnc(-c4cc(C(=O)NO)c[nH]4)c3)cc2)c1. The highest BCUT2D eigenvalue weighted by atomic mass is 16.5. The van der Waals surface area contributed by atoms with Gasteiger partial charge in [-0.2, -0.15) is 0 Å². The average molecular weight is 458 g/mol. The normalized spacial score (nSPS) is 10.4. The van der Waals surface area contributed by atoms with Gasteiger partial charge in [0.25, 0.3) is 5.91 Å². The van der Waals surface area contributed by atoms with Crippen molar-refractivity contribution in [3.8, 4) is 22.9 Å². The van der Waals surface area contributed by atoms with Gasteiger partial charge < -0.3 is 26.1 Å². The molecule has 0 atom stereocenters. The number of amides is 3. The lowest BCUT2D eigenvalue weighted by Gasteiger charge is -2.10. The van der Waals surface area contributed by atoms with Crippen LogP contribution in [0.5, 0.6) is 11.5 Å². The molecule has 0 aliphatic rings. The Bertz CT molecular complexity index is 1300. The predicted octanol–water partition coefficient (Wildman–Crippen LogP) is 4.09. The number of hydrogen-bond acceptors (Lipinski definition) is 6. The van der Waals surface area contributed by atoms with Crippen LogP contribution in [0.3, 0.4) is 0 Å². The third-order valence-electron chi connectivity index (χ3n) is 4.82. The highest BCUT2D eigenvalue weighted by molar-refractivity contribution is 5.99. The number of nitrogens with zero attached hydrogens (tertiary/aromatic N) is 1. The molecule has 10 nitrogen and oxygen atoms in total. The second-order valence-corrected chi connectivity index (χ2v) is 7.23. The van der Waals surface area contributed by atoms with E-state index in [-0.39, 0.29) is 11.6 Å². The number of pyridine rings is 1. The van der Waals surface area contributed by atoms with Crippen molar-refractivity contribution in [3.63, 3.8) is 0 Å². The van der Waals surface area contributed by atoms with Crippen molar-refractivity contribution in [1.82, 2.24) is 15.4 Å². The molecule has 0 aliphatic carbocycles. The fourth-order valence-corrected chi connectivity index (χ4v) is 3.17. The molecular formula is C24H22N6O4. The summed E-state index contributed by atoms with van der Waals surface area (Å²) >= 11 is 0. The number of nitrogens with one attached hydrogen (secondary N) is 4. The monoisotopic (exact) mass is 458 g/mol. The molecule has 7 N–H and O–H groups in total. The average Bonchev–Trinajstić information content (AvgIpc) is 3.35. The van der Waals surface area contributed by atoms with E-state index in [1.807, 2.05) is 18.2 Å². The molecule has 0 bridgehead atoms. The Hall–Kier alpha value is -4.67. The second-order valence-electron chi connectivity index (χ2n) is 7.23. The molecule has 34 heavy (non-hydrogen) atoms. The summed E-state index contributed by atoms with van der Waals surface area (Å²) in [5, 5.41) is 14.3. The minimum absolute atomic E-state index is 0.268. The van der Waals surface area contributed by atoms with Crippen molar-refractivity contribution in [2.45, 2.75) is 6.54 Å². The molecule has 4 aromatic rings. The van der Waals surface area contributed by atoms with Crippen molar-refractivity contribution in [3.05, 3.63) is 90.3 Å². The summed E-state index contributed by atoms with van der Waals surface area (Å²) in [7, 11) is 0. The maximum atomic E-state index is 12.3. The van der Waals surface area contributed by atoms with Gasteiger partial charge in [0.05, 0.1) is 17.0 Å². The van der Waals surface area contributed by atoms with E-state index in [0.717, 1.165) is 5.56 Å². The third-order valence-corrected chi connectivity index (χ3v) is 4.82. The number of ether oxygens (including phenoxy) is 1. The predicted molar refractivity (Wildman–Crippen MR) is 127 cm³/mol. The number of carbonyl (C=O) groups is 2. The van der Waals surface area contributed by atoms with Gasteiger partial charge in [0.15, 0.2) is 0 Å². The summed E-state index contributed by atoms with van der Waals surface area (Å²) in [6, 6.07) is 18.8. The number of nitrogens with two attached hydrogens (primary N) is 1. The van der Waals surface area contributed by atoms with Crippen LogP contribution >= 0.6 is 0 Å². The van der Waals surface area contributed by atoms with Gasteiger partial charge in [-0.15, -0.1) is 0 Å². The molecule has 2 aromatic heterocycles. The van der Waals surface area contributed by atoms with E-state index in [1.54, 1.807) is 60.2 Å². The van der Waals surface area contributed by atoms with Crippen LogP contribution in [0.15, 0.2) is 79.1 Å². The van der Waals surface area contributed by atoms with Crippen molar-refractivity contribution in [2.75, 3.05) is 10.6 Å². The van der Waals surface area contributed by atoms with Crippen LogP contribution in [-0.2, 0) is 6.54 Å². The Morgan fingerprint density at radius 2 is 1.76 bits per heavy atom. The second kappa shape index (κ2) is 10.3. The van der Waals surface area contributed by atoms with Gasteiger partial charge in [-0.25, -0.2) is 10.3 Å². The Morgan fingerprint density at radius 3 is 2.53 bits per heavy atom. The number of urea groups is 1. The zero-order valence-corrected chi connectivity index (χ0v) is 17.9. The van der Waals surface area contributed by atoms with E-state index in [0.29, 0.717) is 40.8 Å². The fourth-order valence-electron chi connectivity index (χ4n) is 3.17. The number of H-pyrrole nitrogens is 1. The van der Waals surface area contributed by atoms with Crippen molar-refractivity contribution < 1.29 is 19.5 Å². The summed E-state index contributed by atoms with van der Waals surface area (Å²) in [6.07, 6.45) is 3.05. The lowest BCUT2D eigenvalue weighted by Crippen LogP contribution is -2.19. The first-order valence-electron chi connectivity index (χ1n) is 10.3. The van der Waals surface area contributed by atoms with Gasteiger partial charge in [0.2, 0.25) is 0 Å². The number of aromatic amines is 1. The van der Waals surface area contributed by atoms with Crippen molar-refractivity contribution >= 4 is 23.3 Å². The van der Waals surface area contributed by atoms with E-state index in [1.165, 1.54) is 6.20 Å². The molecule has 3 amide bonds. The first kappa shape index (κ1) is 22.5.